The SMILES string of the molecule is O=S(=O)(Cc1ccon1)CC(O)c1cc(F)ccc1F. The van der Waals surface area contributed by atoms with Crippen LogP contribution in [0.15, 0.2) is 35.1 Å². The van der Waals surface area contributed by atoms with Crippen LogP contribution < -0.4 is 0 Å². The number of nitrogens with zero attached hydrogens (tertiary/aromatic N) is 1. The third-order valence-corrected chi connectivity index (χ3v) is 4.15. The largest absolute Gasteiger partial charge is 0.387 e. The van der Waals surface area contributed by atoms with Gasteiger partial charge in [-0.1, -0.05) is 5.16 Å². The number of aliphatic hydroxyl groups excluding tert-OH is 1. The molecule has 0 bridgehead atoms. The molecule has 0 saturated heterocycles. The number of sulfone groups is 1. The average molecular weight is 303 g/mol. The van der Waals surface area contributed by atoms with E-state index in [4.69, 9.17) is 0 Å². The van der Waals surface area contributed by atoms with Gasteiger partial charge < -0.3 is 9.63 Å². The number of benzene rings is 1. The Labute approximate surface area is 113 Å². The molecule has 0 aliphatic rings. The van der Waals surface area contributed by atoms with E-state index in [0.29, 0.717) is 0 Å². The molecule has 2 aromatic rings. The van der Waals surface area contributed by atoms with E-state index >= 15 is 0 Å². The van der Waals surface area contributed by atoms with Crippen LogP contribution in [0, 0.1) is 11.6 Å². The molecule has 1 aromatic carbocycles. The Kier molecular flexibility index (Phi) is 4.15. The summed E-state index contributed by atoms with van der Waals surface area (Å²) in [7, 11) is -3.74. The Hall–Kier alpha value is -1.80. The maximum atomic E-state index is 13.4. The Morgan fingerprint density at radius 3 is 2.70 bits per heavy atom. The molecule has 1 unspecified atom stereocenters. The molecule has 1 atom stereocenters. The number of halogens is 2. The zero-order valence-corrected chi connectivity index (χ0v) is 11.0. The van der Waals surface area contributed by atoms with Gasteiger partial charge >= 0.3 is 0 Å². The highest BCUT2D eigenvalue weighted by atomic mass is 32.2. The molecular formula is C12H11F2NO4S. The Morgan fingerprint density at radius 1 is 1.30 bits per heavy atom. The lowest BCUT2D eigenvalue weighted by molar-refractivity contribution is 0.196. The summed E-state index contributed by atoms with van der Waals surface area (Å²) in [4.78, 5) is 0. The van der Waals surface area contributed by atoms with E-state index in [1.807, 2.05) is 0 Å². The number of rotatable bonds is 5. The van der Waals surface area contributed by atoms with Crippen LogP contribution in [0.4, 0.5) is 8.78 Å². The Balaban J connectivity index is 2.14. The summed E-state index contributed by atoms with van der Waals surface area (Å²) in [5.41, 5.74) is -0.217. The van der Waals surface area contributed by atoms with Gasteiger partial charge in [0.1, 0.15) is 17.9 Å². The lowest BCUT2D eigenvalue weighted by Gasteiger charge is -2.12. The third kappa shape index (κ3) is 3.61. The van der Waals surface area contributed by atoms with Crippen LogP contribution in [0.3, 0.4) is 0 Å². The van der Waals surface area contributed by atoms with Crippen molar-refractivity contribution in [2.75, 3.05) is 5.75 Å². The van der Waals surface area contributed by atoms with Crippen molar-refractivity contribution in [2.24, 2.45) is 0 Å². The standard InChI is InChI=1S/C12H11F2NO4S/c13-8-1-2-11(14)10(5-8)12(16)7-20(17,18)6-9-3-4-19-15-9/h1-5,12,16H,6-7H2. The van der Waals surface area contributed by atoms with Crippen molar-refractivity contribution in [3.05, 3.63) is 53.4 Å². The van der Waals surface area contributed by atoms with Crippen molar-refractivity contribution >= 4 is 9.84 Å². The van der Waals surface area contributed by atoms with E-state index in [1.54, 1.807) is 0 Å². The average Bonchev–Trinajstić information content (AvgIpc) is 2.83. The second-order valence-corrected chi connectivity index (χ2v) is 6.34. The first-order chi connectivity index (χ1) is 9.37. The van der Waals surface area contributed by atoms with Crippen LogP contribution >= 0.6 is 0 Å². The normalized spacial score (nSPS) is 13.3. The van der Waals surface area contributed by atoms with Crippen LogP contribution in [0.25, 0.3) is 0 Å². The molecule has 0 aliphatic heterocycles. The summed E-state index contributed by atoms with van der Waals surface area (Å²) >= 11 is 0. The minimum Gasteiger partial charge on any atom is -0.387 e. The highest BCUT2D eigenvalue weighted by Crippen LogP contribution is 2.21. The molecule has 1 heterocycles. The summed E-state index contributed by atoms with van der Waals surface area (Å²) in [6.07, 6.45) is -0.435. The second kappa shape index (κ2) is 5.68. The minimum absolute atomic E-state index is 0.178. The van der Waals surface area contributed by atoms with Crippen LogP contribution in [0.1, 0.15) is 17.4 Å². The van der Waals surface area contributed by atoms with Gasteiger partial charge in [0, 0.05) is 11.6 Å². The minimum atomic E-state index is -3.74. The molecule has 0 radical (unpaired) electrons. The lowest BCUT2D eigenvalue weighted by atomic mass is 10.1. The maximum absolute atomic E-state index is 13.4. The molecule has 0 aliphatic carbocycles. The van der Waals surface area contributed by atoms with Gasteiger partial charge in [0.05, 0.1) is 23.3 Å². The van der Waals surface area contributed by atoms with E-state index in [-0.39, 0.29) is 5.69 Å². The smallest absolute Gasteiger partial charge is 0.159 e. The van der Waals surface area contributed by atoms with E-state index in [0.717, 1.165) is 18.2 Å². The van der Waals surface area contributed by atoms with Gasteiger partial charge in [-0.25, -0.2) is 17.2 Å². The van der Waals surface area contributed by atoms with Gasteiger partial charge in [-0.3, -0.25) is 0 Å². The number of hydrogen-bond donors (Lipinski definition) is 1. The quantitative estimate of drug-likeness (QED) is 0.907. The molecular weight excluding hydrogens is 292 g/mol. The van der Waals surface area contributed by atoms with E-state index in [9.17, 15) is 22.3 Å². The molecule has 1 aromatic heterocycles. The zero-order chi connectivity index (χ0) is 14.8. The predicted molar refractivity (Wildman–Crippen MR) is 65.3 cm³/mol. The molecule has 108 valence electrons. The number of aliphatic hydroxyl groups is 1. The fourth-order valence-electron chi connectivity index (χ4n) is 1.70. The first kappa shape index (κ1) is 14.6. The summed E-state index contributed by atoms with van der Waals surface area (Å²) in [5, 5.41) is 13.2. The lowest BCUT2D eigenvalue weighted by Crippen LogP contribution is -2.17. The van der Waals surface area contributed by atoms with Crippen molar-refractivity contribution in [1.29, 1.82) is 0 Å². The molecule has 1 N–H and O–H groups in total. The van der Waals surface area contributed by atoms with Crippen molar-refractivity contribution in [2.45, 2.75) is 11.9 Å². The molecule has 0 amide bonds. The number of aromatic nitrogens is 1. The van der Waals surface area contributed by atoms with Gasteiger partial charge in [0.15, 0.2) is 9.84 Å². The van der Waals surface area contributed by atoms with Gasteiger partial charge in [-0.2, -0.15) is 0 Å². The van der Waals surface area contributed by atoms with Gasteiger partial charge in [-0.05, 0) is 18.2 Å². The van der Waals surface area contributed by atoms with E-state index in [1.165, 1.54) is 12.3 Å². The molecule has 0 saturated carbocycles. The van der Waals surface area contributed by atoms with Crippen LogP contribution in [0.2, 0.25) is 0 Å². The Bertz CT molecular complexity index is 685. The highest BCUT2D eigenvalue weighted by Gasteiger charge is 2.23. The van der Waals surface area contributed by atoms with E-state index in [2.05, 4.69) is 9.68 Å². The molecule has 8 heteroatoms. The highest BCUT2D eigenvalue weighted by molar-refractivity contribution is 7.90. The molecule has 2 rings (SSSR count). The molecule has 0 fully saturated rings. The second-order valence-electron chi connectivity index (χ2n) is 4.23. The van der Waals surface area contributed by atoms with Crippen LogP contribution in [0.5, 0.6) is 0 Å². The summed E-state index contributed by atoms with van der Waals surface area (Å²) < 4.78 is 54.6. The summed E-state index contributed by atoms with van der Waals surface area (Å²) in [5.74, 6) is -2.80. The van der Waals surface area contributed by atoms with Crippen molar-refractivity contribution in [3.63, 3.8) is 0 Å². The first-order valence-corrected chi connectivity index (χ1v) is 7.42. The molecule has 20 heavy (non-hydrogen) atoms. The molecule has 5 nitrogen and oxygen atoms in total. The van der Waals surface area contributed by atoms with Crippen LogP contribution in [-0.4, -0.2) is 24.4 Å². The first-order valence-electron chi connectivity index (χ1n) is 5.60. The molecule has 0 spiro atoms. The zero-order valence-electron chi connectivity index (χ0n) is 10.2. The predicted octanol–water partition coefficient (Wildman–Crippen LogP) is 1.60. The van der Waals surface area contributed by atoms with Gasteiger partial charge in [0.25, 0.3) is 0 Å². The van der Waals surface area contributed by atoms with Crippen molar-refractivity contribution in [3.8, 4) is 0 Å². The monoisotopic (exact) mass is 303 g/mol. The third-order valence-electron chi connectivity index (χ3n) is 2.59. The summed E-state index contributed by atoms with van der Waals surface area (Å²) in [6, 6.07) is 3.85. The van der Waals surface area contributed by atoms with Crippen molar-refractivity contribution < 1.29 is 26.8 Å². The maximum Gasteiger partial charge on any atom is 0.159 e. The fraction of sp³-hybridized carbons (Fsp3) is 0.250. The van der Waals surface area contributed by atoms with Gasteiger partial charge in [-0.15, -0.1) is 0 Å². The topological polar surface area (TPSA) is 80.4 Å². The fourth-order valence-corrected chi connectivity index (χ4v) is 3.07. The van der Waals surface area contributed by atoms with Gasteiger partial charge in [0.2, 0.25) is 0 Å². The number of hydrogen-bond acceptors (Lipinski definition) is 5. The van der Waals surface area contributed by atoms with Crippen molar-refractivity contribution in [1.82, 2.24) is 5.16 Å². The summed E-state index contributed by atoms with van der Waals surface area (Å²) in [6.45, 7) is 0. The van der Waals surface area contributed by atoms with Crippen LogP contribution in [-0.2, 0) is 15.6 Å². The Morgan fingerprint density at radius 2 is 2.05 bits per heavy atom. The van der Waals surface area contributed by atoms with E-state index < -0.39 is 44.6 Å².